The highest BCUT2D eigenvalue weighted by atomic mass is 16.7. The minimum Gasteiger partial charge on any atom is -0.497 e. The summed E-state index contributed by atoms with van der Waals surface area (Å²) >= 11 is 0. The number of rotatable bonds is 8. The lowest BCUT2D eigenvalue weighted by molar-refractivity contribution is -0.922. The Labute approximate surface area is 189 Å². The van der Waals surface area contributed by atoms with Crippen LogP contribution in [0.5, 0.6) is 28.7 Å². The van der Waals surface area contributed by atoms with Crippen molar-refractivity contribution >= 4 is 5.78 Å². The molecular weight excluding hydrogens is 410 g/mol. The molecule has 0 saturated carbocycles. The standard InChI is InChI=1S/C25H32NO6/c1-26(2)11-10-17-13-22-24(32-15-31-22)25(30-5)23(17)20(26)14-18(27)7-6-16-12-19(28-3)8-9-21(16)29-4/h8-9,12-13,20H,6-7,10-11,14-15H2,1-5H3/q+1. The van der Waals surface area contributed by atoms with Crippen molar-refractivity contribution in [2.24, 2.45) is 0 Å². The summed E-state index contributed by atoms with van der Waals surface area (Å²) in [7, 11) is 9.28. The van der Waals surface area contributed by atoms with Gasteiger partial charge in [0.2, 0.25) is 12.5 Å². The maximum atomic E-state index is 13.2. The van der Waals surface area contributed by atoms with E-state index in [0.717, 1.165) is 45.8 Å². The molecule has 0 aliphatic carbocycles. The van der Waals surface area contributed by atoms with Gasteiger partial charge in [0.1, 0.15) is 23.3 Å². The monoisotopic (exact) mass is 442 g/mol. The van der Waals surface area contributed by atoms with E-state index in [0.29, 0.717) is 30.8 Å². The number of fused-ring (bicyclic) bond motifs is 2. The van der Waals surface area contributed by atoms with Gasteiger partial charge in [-0.25, -0.2) is 0 Å². The van der Waals surface area contributed by atoms with E-state index in [-0.39, 0.29) is 18.6 Å². The molecule has 7 nitrogen and oxygen atoms in total. The quantitative estimate of drug-likeness (QED) is 0.581. The third-order valence-corrected chi connectivity index (χ3v) is 6.66. The summed E-state index contributed by atoms with van der Waals surface area (Å²) in [4.78, 5) is 13.2. The number of methoxy groups -OCH3 is 3. The fourth-order valence-electron chi connectivity index (χ4n) is 4.78. The van der Waals surface area contributed by atoms with Crippen LogP contribution < -0.4 is 23.7 Å². The van der Waals surface area contributed by atoms with Crippen molar-refractivity contribution in [2.75, 3.05) is 48.8 Å². The highest BCUT2D eigenvalue weighted by Gasteiger charge is 2.42. The van der Waals surface area contributed by atoms with Gasteiger partial charge in [-0.15, -0.1) is 0 Å². The van der Waals surface area contributed by atoms with Crippen LogP contribution in [0.1, 0.15) is 35.6 Å². The van der Waals surface area contributed by atoms with E-state index < -0.39 is 0 Å². The SMILES string of the molecule is COc1ccc(OC)c(CCC(=O)CC2c3c(cc4c(c3OC)OCO4)CC[N+]2(C)C)c1. The van der Waals surface area contributed by atoms with E-state index in [1.807, 2.05) is 18.2 Å². The highest BCUT2D eigenvalue weighted by Crippen LogP contribution is 2.51. The fraction of sp³-hybridized carbons (Fsp3) is 0.480. The van der Waals surface area contributed by atoms with Gasteiger partial charge in [-0.3, -0.25) is 4.79 Å². The van der Waals surface area contributed by atoms with Crippen molar-refractivity contribution in [1.29, 1.82) is 0 Å². The van der Waals surface area contributed by atoms with Crippen LogP contribution in [0.3, 0.4) is 0 Å². The summed E-state index contributed by atoms with van der Waals surface area (Å²) in [6.45, 7) is 1.14. The molecule has 1 atom stereocenters. The number of Topliss-reactive ketones (excluding diaryl/α,β-unsaturated/α-hetero) is 1. The third kappa shape index (κ3) is 4.09. The van der Waals surface area contributed by atoms with Gasteiger partial charge >= 0.3 is 0 Å². The molecule has 2 aliphatic heterocycles. The first kappa shape index (κ1) is 22.3. The van der Waals surface area contributed by atoms with Gasteiger partial charge < -0.3 is 28.2 Å². The lowest BCUT2D eigenvalue weighted by atomic mass is 9.86. The van der Waals surface area contributed by atoms with Crippen molar-refractivity contribution in [3.05, 3.63) is 41.0 Å². The van der Waals surface area contributed by atoms with Crippen molar-refractivity contribution in [2.45, 2.75) is 31.7 Å². The number of hydrogen-bond acceptors (Lipinski definition) is 6. The molecule has 0 N–H and O–H groups in total. The highest BCUT2D eigenvalue weighted by molar-refractivity contribution is 5.80. The molecule has 0 saturated heterocycles. The van der Waals surface area contributed by atoms with Crippen LogP contribution in [0.2, 0.25) is 0 Å². The number of ether oxygens (including phenoxy) is 5. The molecule has 4 rings (SSSR count). The summed E-state index contributed by atoms with van der Waals surface area (Å²) in [6, 6.07) is 7.72. The Morgan fingerprint density at radius 3 is 2.62 bits per heavy atom. The van der Waals surface area contributed by atoms with Gasteiger partial charge in [-0.05, 0) is 41.8 Å². The maximum Gasteiger partial charge on any atom is 0.231 e. The Balaban J connectivity index is 1.57. The number of hydrogen-bond donors (Lipinski definition) is 0. The second-order valence-electron chi connectivity index (χ2n) is 8.91. The number of aryl methyl sites for hydroxylation is 1. The molecule has 0 radical (unpaired) electrons. The molecule has 32 heavy (non-hydrogen) atoms. The van der Waals surface area contributed by atoms with Crippen LogP contribution in [-0.2, 0) is 17.6 Å². The maximum absolute atomic E-state index is 13.2. The summed E-state index contributed by atoms with van der Waals surface area (Å²) in [6.07, 6.45) is 2.37. The van der Waals surface area contributed by atoms with Crippen LogP contribution in [0.4, 0.5) is 0 Å². The predicted octanol–water partition coefficient (Wildman–Crippen LogP) is 3.71. The fourth-order valence-corrected chi connectivity index (χ4v) is 4.78. The molecule has 0 amide bonds. The molecule has 7 heteroatoms. The molecule has 2 aliphatic rings. The number of likely N-dealkylation sites (N-methyl/N-ethyl adjacent to an activating group) is 1. The van der Waals surface area contributed by atoms with Gasteiger partial charge in [0, 0.05) is 12.8 Å². The zero-order valence-electron chi connectivity index (χ0n) is 19.5. The zero-order valence-corrected chi connectivity index (χ0v) is 19.5. The van der Waals surface area contributed by atoms with Gasteiger partial charge in [0.05, 0.1) is 54.0 Å². The number of ketones is 1. The molecule has 0 spiro atoms. The van der Waals surface area contributed by atoms with E-state index in [1.54, 1.807) is 21.3 Å². The summed E-state index contributed by atoms with van der Waals surface area (Å²) in [5.41, 5.74) is 3.22. The summed E-state index contributed by atoms with van der Waals surface area (Å²) < 4.78 is 28.6. The topological polar surface area (TPSA) is 63.2 Å². The molecule has 1 unspecified atom stereocenters. The van der Waals surface area contributed by atoms with Gasteiger partial charge in [-0.1, -0.05) is 0 Å². The molecular formula is C25H32NO6+. The van der Waals surface area contributed by atoms with E-state index in [1.165, 1.54) is 5.56 Å². The van der Waals surface area contributed by atoms with Crippen LogP contribution in [0, 0.1) is 0 Å². The predicted molar refractivity (Wildman–Crippen MR) is 120 cm³/mol. The first-order valence-electron chi connectivity index (χ1n) is 10.9. The summed E-state index contributed by atoms with van der Waals surface area (Å²) in [5, 5.41) is 0. The van der Waals surface area contributed by atoms with Crippen molar-refractivity contribution < 1.29 is 33.0 Å². The third-order valence-electron chi connectivity index (χ3n) is 6.66. The summed E-state index contributed by atoms with van der Waals surface area (Å²) in [5.74, 6) is 3.81. The Morgan fingerprint density at radius 2 is 1.91 bits per heavy atom. The van der Waals surface area contributed by atoms with Crippen molar-refractivity contribution in [1.82, 2.24) is 0 Å². The van der Waals surface area contributed by atoms with E-state index >= 15 is 0 Å². The first-order chi connectivity index (χ1) is 15.4. The van der Waals surface area contributed by atoms with E-state index in [2.05, 4.69) is 20.2 Å². The van der Waals surface area contributed by atoms with Gasteiger partial charge in [0.15, 0.2) is 11.5 Å². The number of nitrogens with zero attached hydrogens (tertiary/aromatic N) is 1. The smallest absolute Gasteiger partial charge is 0.231 e. The molecule has 0 fully saturated rings. The molecule has 172 valence electrons. The van der Waals surface area contributed by atoms with Crippen molar-refractivity contribution in [3.8, 4) is 28.7 Å². The lowest BCUT2D eigenvalue weighted by Crippen LogP contribution is -2.48. The molecule has 2 heterocycles. The Bertz CT molecular complexity index is 1020. The number of carbonyl (C=O) groups excluding carboxylic acids is 1. The average molecular weight is 443 g/mol. The minimum atomic E-state index is -0.0112. The van der Waals surface area contributed by atoms with Gasteiger partial charge in [0.25, 0.3) is 0 Å². The molecule has 2 aromatic carbocycles. The molecule has 2 aromatic rings. The number of carbonyl (C=O) groups is 1. The van der Waals surface area contributed by atoms with Crippen LogP contribution in [0.15, 0.2) is 24.3 Å². The second-order valence-corrected chi connectivity index (χ2v) is 8.91. The largest absolute Gasteiger partial charge is 0.497 e. The normalized spacial score (nSPS) is 18.1. The first-order valence-corrected chi connectivity index (χ1v) is 10.9. The number of benzene rings is 2. The van der Waals surface area contributed by atoms with Crippen molar-refractivity contribution in [3.63, 3.8) is 0 Å². The van der Waals surface area contributed by atoms with Crippen LogP contribution in [-0.4, -0.2) is 59.0 Å². The Kier molecular flexibility index (Phi) is 6.20. The Hall–Kier alpha value is -2.93. The van der Waals surface area contributed by atoms with E-state index in [4.69, 9.17) is 23.7 Å². The zero-order chi connectivity index (χ0) is 22.9. The number of quaternary nitrogens is 1. The molecule has 0 aromatic heterocycles. The average Bonchev–Trinajstić information content (AvgIpc) is 3.26. The lowest BCUT2D eigenvalue weighted by Gasteiger charge is -2.43. The second kappa shape index (κ2) is 8.90. The Morgan fingerprint density at radius 1 is 1.09 bits per heavy atom. The minimum absolute atomic E-state index is 0.0112. The van der Waals surface area contributed by atoms with Gasteiger partial charge in [-0.2, -0.15) is 0 Å². The van der Waals surface area contributed by atoms with Crippen LogP contribution >= 0.6 is 0 Å². The van der Waals surface area contributed by atoms with E-state index in [9.17, 15) is 4.79 Å². The van der Waals surface area contributed by atoms with Crippen LogP contribution in [0.25, 0.3) is 0 Å². The molecule has 0 bridgehead atoms.